The lowest BCUT2D eigenvalue weighted by Crippen LogP contribution is -2.25. The predicted octanol–water partition coefficient (Wildman–Crippen LogP) is 6.14. The Morgan fingerprint density at radius 1 is 0.952 bits per heavy atom. The van der Waals surface area contributed by atoms with Gasteiger partial charge in [-0.15, -0.1) is 0 Å². The molecule has 1 amide bonds. The van der Waals surface area contributed by atoms with E-state index in [0.29, 0.717) is 44.5 Å². The van der Waals surface area contributed by atoms with Crippen LogP contribution in [0, 0.1) is 11.6 Å². The highest BCUT2D eigenvalue weighted by Crippen LogP contribution is 2.42. The van der Waals surface area contributed by atoms with Crippen LogP contribution in [0.15, 0.2) is 89.6 Å². The molecule has 1 N–H and O–H groups in total. The Hall–Kier alpha value is -5.03. The maximum absolute atomic E-state index is 14.0. The van der Waals surface area contributed by atoms with Crippen molar-refractivity contribution < 1.29 is 26.4 Å². The number of sulfonamides is 1. The number of imidazole rings is 1. The summed E-state index contributed by atoms with van der Waals surface area (Å²) in [6, 6.07) is 20.3. The number of anilines is 1. The first-order valence-corrected chi connectivity index (χ1v) is 14.7. The van der Waals surface area contributed by atoms with Gasteiger partial charge < -0.3 is 9.73 Å². The number of carbonyl (C=O) groups excluding carboxylic acids is 1. The van der Waals surface area contributed by atoms with Crippen molar-refractivity contribution in [1.82, 2.24) is 14.9 Å². The molecule has 42 heavy (non-hydrogen) atoms. The fourth-order valence-corrected chi connectivity index (χ4v) is 5.47. The minimum atomic E-state index is -3.71. The molecular weight excluding hydrogens is 562 g/mol. The minimum absolute atomic E-state index is 0.217. The van der Waals surface area contributed by atoms with E-state index < -0.39 is 27.6 Å². The monoisotopic (exact) mass is 586 g/mol. The number of aromatic nitrogens is 2. The molecule has 2 heterocycles. The van der Waals surface area contributed by atoms with Gasteiger partial charge in [0.25, 0.3) is 5.91 Å². The normalized spacial score (nSPS) is 11.7. The summed E-state index contributed by atoms with van der Waals surface area (Å²) in [6.45, 7) is 0. The largest absolute Gasteiger partial charge is 0.455 e. The zero-order valence-corrected chi connectivity index (χ0v) is 23.5. The molecule has 0 aliphatic carbocycles. The Bertz CT molecular complexity index is 2120. The van der Waals surface area contributed by atoms with Gasteiger partial charge in [0.1, 0.15) is 29.3 Å². The van der Waals surface area contributed by atoms with Crippen molar-refractivity contribution in [2.75, 3.05) is 24.7 Å². The Labute approximate surface area is 239 Å². The van der Waals surface area contributed by atoms with Gasteiger partial charge in [-0.25, -0.2) is 22.2 Å². The molecule has 0 bridgehead atoms. The quantitative estimate of drug-likeness (QED) is 0.253. The molecule has 0 saturated heterocycles. The van der Waals surface area contributed by atoms with E-state index >= 15 is 0 Å². The SMILES string of the molecule is CNC(=O)c1c(-c2ccc(F)cc2)oc2cc(N(C)S(C)(=O)=O)c(-c3ccc4ncn(-c5cccc(F)c5)c4c3)cc12. The Kier molecular flexibility index (Phi) is 6.53. The van der Waals surface area contributed by atoms with Crippen molar-refractivity contribution in [2.45, 2.75) is 0 Å². The van der Waals surface area contributed by atoms with Crippen LogP contribution in [0.5, 0.6) is 0 Å². The lowest BCUT2D eigenvalue weighted by Gasteiger charge is -2.21. The summed E-state index contributed by atoms with van der Waals surface area (Å²) in [5.41, 5.74) is 4.29. The smallest absolute Gasteiger partial charge is 0.255 e. The maximum Gasteiger partial charge on any atom is 0.255 e. The molecule has 0 aliphatic heterocycles. The van der Waals surface area contributed by atoms with Crippen LogP contribution >= 0.6 is 0 Å². The lowest BCUT2D eigenvalue weighted by molar-refractivity contribution is 0.0964. The third-order valence-electron chi connectivity index (χ3n) is 7.15. The first kappa shape index (κ1) is 27.2. The number of nitrogens with zero attached hydrogens (tertiary/aromatic N) is 3. The van der Waals surface area contributed by atoms with Crippen LogP contribution in [-0.4, -0.2) is 44.2 Å². The number of furan rings is 1. The van der Waals surface area contributed by atoms with Crippen molar-refractivity contribution in [3.05, 3.63) is 102 Å². The molecule has 0 saturated carbocycles. The summed E-state index contributed by atoms with van der Waals surface area (Å²) in [5, 5.41) is 3.07. The molecule has 2 aromatic heterocycles. The van der Waals surface area contributed by atoms with Crippen molar-refractivity contribution in [1.29, 1.82) is 0 Å². The zero-order chi connectivity index (χ0) is 29.8. The molecule has 212 valence electrons. The number of hydrogen-bond donors (Lipinski definition) is 1. The molecule has 4 aromatic carbocycles. The predicted molar refractivity (Wildman–Crippen MR) is 158 cm³/mol. The number of amides is 1. The van der Waals surface area contributed by atoms with Crippen LogP contribution in [0.4, 0.5) is 14.5 Å². The second kappa shape index (κ2) is 10.1. The third kappa shape index (κ3) is 4.67. The highest BCUT2D eigenvalue weighted by atomic mass is 32.2. The summed E-state index contributed by atoms with van der Waals surface area (Å²) in [7, 11) is -0.793. The molecule has 0 fully saturated rings. The fourth-order valence-electron chi connectivity index (χ4n) is 4.96. The van der Waals surface area contributed by atoms with Crippen LogP contribution in [0.2, 0.25) is 0 Å². The summed E-state index contributed by atoms with van der Waals surface area (Å²) in [4.78, 5) is 17.6. The standard InChI is InChI=1S/C31H24F2N4O4S/c1-34-31(38)29-24-15-23(19-9-12-25-27(13-19)37(17-35-25)22-6-4-5-21(33)14-22)26(36(2)42(3,39)40)16-28(24)41-30(29)18-7-10-20(32)11-8-18/h4-17H,1-3H3,(H,34,38). The number of fused-ring (bicyclic) bond motifs is 2. The van der Waals surface area contributed by atoms with Crippen molar-refractivity contribution >= 4 is 43.6 Å². The zero-order valence-electron chi connectivity index (χ0n) is 22.7. The van der Waals surface area contributed by atoms with E-state index in [0.717, 1.165) is 10.6 Å². The van der Waals surface area contributed by atoms with Crippen molar-refractivity contribution in [2.24, 2.45) is 0 Å². The molecule has 8 nitrogen and oxygen atoms in total. The van der Waals surface area contributed by atoms with Crippen LogP contribution in [-0.2, 0) is 10.0 Å². The van der Waals surface area contributed by atoms with Crippen LogP contribution in [0.25, 0.3) is 50.1 Å². The van der Waals surface area contributed by atoms with E-state index in [9.17, 15) is 22.0 Å². The molecule has 6 rings (SSSR count). The number of halogens is 2. The molecule has 0 aliphatic rings. The van der Waals surface area contributed by atoms with Gasteiger partial charge in [0.2, 0.25) is 10.0 Å². The molecule has 0 radical (unpaired) electrons. The summed E-state index contributed by atoms with van der Waals surface area (Å²) in [6.07, 6.45) is 2.68. The lowest BCUT2D eigenvalue weighted by atomic mass is 9.98. The van der Waals surface area contributed by atoms with Crippen molar-refractivity contribution in [3.8, 4) is 28.1 Å². The van der Waals surface area contributed by atoms with Crippen LogP contribution < -0.4 is 9.62 Å². The molecule has 0 atom stereocenters. The molecule has 0 spiro atoms. The van der Waals surface area contributed by atoms with Gasteiger partial charge in [-0.1, -0.05) is 12.1 Å². The summed E-state index contributed by atoms with van der Waals surface area (Å²) >= 11 is 0. The average Bonchev–Trinajstić information content (AvgIpc) is 3.56. The molecule has 0 unspecified atom stereocenters. The van der Waals surface area contributed by atoms with Gasteiger partial charge >= 0.3 is 0 Å². The van der Waals surface area contributed by atoms with Crippen molar-refractivity contribution in [3.63, 3.8) is 0 Å². The maximum atomic E-state index is 14.0. The first-order valence-electron chi connectivity index (χ1n) is 12.8. The second-order valence-electron chi connectivity index (χ2n) is 9.79. The van der Waals surface area contributed by atoms with E-state index in [1.165, 1.54) is 50.5 Å². The van der Waals surface area contributed by atoms with Gasteiger partial charge in [-0.05, 0) is 66.2 Å². The van der Waals surface area contributed by atoms with Gasteiger partial charge in [0, 0.05) is 36.7 Å². The van der Waals surface area contributed by atoms with Gasteiger partial charge in [0.15, 0.2) is 0 Å². The fraction of sp³-hybridized carbons (Fsp3) is 0.0968. The average molecular weight is 587 g/mol. The highest BCUT2D eigenvalue weighted by molar-refractivity contribution is 7.92. The van der Waals surface area contributed by atoms with Gasteiger partial charge in [-0.2, -0.15) is 0 Å². The highest BCUT2D eigenvalue weighted by Gasteiger charge is 2.26. The Morgan fingerprint density at radius 3 is 2.38 bits per heavy atom. The first-order chi connectivity index (χ1) is 20.0. The van der Waals surface area contributed by atoms with Gasteiger partial charge in [-0.3, -0.25) is 13.7 Å². The van der Waals surface area contributed by atoms with E-state index in [2.05, 4.69) is 10.3 Å². The molecule has 6 aromatic rings. The van der Waals surface area contributed by atoms with Crippen LogP contribution in [0.1, 0.15) is 10.4 Å². The van der Waals surface area contributed by atoms with E-state index in [4.69, 9.17) is 4.42 Å². The number of rotatable bonds is 6. The minimum Gasteiger partial charge on any atom is -0.455 e. The number of hydrogen-bond acceptors (Lipinski definition) is 5. The Balaban J connectivity index is 1.64. The van der Waals surface area contributed by atoms with E-state index in [1.807, 2.05) is 6.07 Å². The second-order valence-corrected chi connectivity index (χ2v) is 11.8. The van der Waals surface area contributed by atoms with E-state index in [1.54, 1.807) is 47.3 Å². The summed E-state index contributed by atoms with van der Waals surface area (Å²) < 4.78 is 62.1. The van der Waals surface area contributed by atoms with E-state index in [-0.39, 0.29) is 16.9 Å². The Morgan fingerprint density at radius 2 is 1.69 bits per heavy atom. The third-order valence-corrected chi connectivity index (χ3v) is 8.34. The topological polar surface area (TPSA) is 97.4 Å². The molecular formula is C31H24F2N4O4S. The number of nitrogens with one attached hydrogen (secondary N) is 1. The number of benzene rings is 4. The number of carbonyl (C=O) groups is 1. The summed E-state index contributed by atoms with van der Waals surface area (Å²) in [5.74, 6) is -1.05. The van der Waals surface area contributed by atoms with Crippen LogP contribution in [0.3, 0.4) is 0 Å². The van der Waals surface area contributed by atoms with Gasteiger partial charge in [0.05, 0.1) is 34.2 Å². The molecule has 11 heteroatoms.